The molecular formula is C12H6F4N4O3. The summed E-state index contributed by atoms with van der Waals surface area (Å²) in [4.78, 5) is 12.1. The fourth-order valence-electron chi connectivity index (χ4n) is 1.52. The van der Waals surface area contributed by atoms with Crippen molar-refractivity contribution in [1.29, 1.82) is 0 Å². The summed E-state index contributed by atoms with van der Waals surface area (Å²) in [6, 6.07) is 3.15. The molecule has 0 fully saturated rings. The molecule has 0 bridgehead atoms. The molecule has 0 radical (unpaired) electrons. The maximum Gasteiger partial charge on any atom is 0.311 e. The number of anilines is 1. The number of nitrogens with zero attached hydrogens (tertiary/aromatic N) is 3. The second kappa shape index (κ2) is 6.25. The normalized spacial score (nSPS) is 11.0. The number of benzene rings is 1. The number of nitro groups is 1. The van der Waals surface area contributed by atoms with Gasteiger partial charge in [0.1, 0.15) is 5.69 Å². The lowest BCUT2D eigenvalue weighted by molar-refractivity contribution is -0.385. The van der Waals surface area contributed by atoms with Gasteiger partial charge in [0.15, 0.2) is 5.75 Å². The van der Waals surface area contributed by atoms with Crippen LogP contribution in [0.4, 0.5) is 28.9 Å². The van der Waals surface area contributed by atoms with Crippen molar-refractivity contribution in [1.82, 2.24) is 4.98 Å². The van der Waals surface area contributed by atoms with Crippen LogP contribution in [0.2, 0.25) is 0 Å². The van der Waals surface area contributed by atoms with Crippen LogP contribution < -0.4 is 5.43 Å². The molecule has 0 saturated carbocycles. The lowest BCUT2D eigenvalue weighted by atomic mass is 10.2. The molecule has 2 rings (SSSR count). The van der Waals surface area contributed by atoms with Gasteiger partial charge in [0.2, 0.25) is 11.6 Å². The van der Waals surface area contributed by atoms with Gasteiger partial charge in [-0.2, -0.15) is 27.6 Å². The van der Waals surface area contributed by atoms with Crippen LogP contribution in [0.15, 0.2) is 23.3 Å². The molecule has 0 aliphatic carbocycles. The number of halogens is 4. The zero-order valence-corrected chi connectivity index (χ0v) is 10.9. The number of nitrogens with one attached hydrogen (secondary N) is 1. The van der Waals surface area contributed by atoms with E-state index in [4.69, 9.17) is 0 Å². The van der Waals surface area contributed by atoms with Gasteiger partial charge in [0.25, 0.3) is 11.9 Å². The molecular weight excluding hydrogens is 324 g/mol. The topological polar surface area (TPSA) is 101 Å². The van der Waals surface area contributed by atoms with Crippen molar-refractivity contribution in [2.45, 2.75) is 0 Å². The second-order valence-corrected chi connectivity index (χ2v) is 4.07. The van der Waals surface area contributed by atoms with Crippen LogP contribution in [0, 0.1) is 33.6 Å². The highest BCUT2D eigenvalue weighted by Gasteiger charge is 2.20. The number of hydrogen-bond acceptors (Lipinski definition) is 6. The number of hydrogen-bond donors (Lipinski definition) is 2. The van der Waals surface area contributed by atoms with Gasteiger partial charge < -0.3 is 5.11 Å². The molecule has 0 spiro atoms. The molecule has 0 atom stereocenters. The Kier molecular flexibility index (Phi) is 4.39. The number of phenols is 1. The van der Waals surface area contributed by atoms with Gasteiger partial charge in [0.05, 0.1) is 11.1 Å². The van der Waals surface area contributed by atoms with E-state index < -0.39 is 45.6 Å². The van der Waals surface area contributed by atoms with E-state index >= 15 is 0 Å². The van der Waals surface area contributed by atoms with Crippen LogP contribution in [0.25, 0.3) is 0 Å². The van der Waals surface area contributed by atoms with Gasteiger partial charge in [0, 0.05) is 11.6 Å². The minimum Gasteiger partial charge on any atom is -0.502 e. The molecule has 0 aliphatic rings. The van der Waals surface area contributed by atoms with E-state index in [2.05, 4.69) is 10.1 Å². The first-order valence-corrected chi connectivity index (χ1v) is 5.77. The van der Waals surface area contributed by atoms with Gasteiger partial charge in [-0.25, -0.2) is 0 Å². The van der Waals surface area contributed by atoms with Crippen LogP contribution in [-0.4, -0.2) is 21.2 Å². The molecule has 0 saturated heterocycles. The van der Waals surface area contributed by atoms with Gasteiger partial charge in [-0.05, 0) is 12.1 Å². The Morgan fingerprint density at radius 2 is 1.83 bits per heavy atom. The third-order valence-electron chi connectivity index (χ3n) is 2.58. The molecule has 1 aromatic carbocycles. The Balaban J connectivity index is 2.27. The number of aromatic hydroxyl groups is 1. The number of nitro benzene ring substituents is 1. The summed E-state index contributed by atoms with van der Waals surface area (Å²) >= 11 is 0. The summed E-state index contributed by atoms with van der Waals surface area (Å²) in [5.41, 5.74) is -0.00393. The lowest BCUT2D eigenvalue weighted by Crippen LogP contribution is -2.05. The zero-order chi connectivity index (χ0) is 17.1. The average Bonchev–Trinajstić information content (AvgIpc) is 2.50. The molecule has 2 N–H and O–H groups in total. The third kappa shape index (κ3) is 3.33. The number of rotatable bonds is 4. The fraction of sp³-hybridized carbons (Fsp3) is 0. The molecule has 1 heterocycles. The predicted octanol–water partition coefficient (Wildman–Crippen LogP) is 2.70. The smallest absolute Gasteiger partial charge is 0.311 e. The highest BCUT2D eigenvalue weighted by molar-refractivity contribution is 5.82. The minimum absolute atomic E-state index is 0.0813. The number of aromatic nitrogens is 1. The Labute approximate surface area is 125 Å². The summed E-state index contributed by atoms with van der Waals surface area (Å²) in [5, 5.41) is 23.2. The van der Waals surface area contributed by atoms with Crippen LogP contribution in [-0.2, 0) is 0 Å². The van der Waals surface area contributed by atoms with Gasteiger partial charge >= 0.3 is 5.69 Å². The number of phenolic OH excluding ortho intramolecular Hbond substituents is 1. The predicted molar refractivity (Wildman–Crippen MR) is 70.0 cm³/mol. The second-order valence-electron chi connectivity index (χ2n) is 4.07. The van der Waals surface area contributed by atoms with E-state index in [1.807, 2.05) is 0 Å². The van der Waals surface area contributed by atoms with E-state index in [0.717, 1.165) is 18.3 Å². The van der Waals surface area contributed by atoms with Crippen molar-refractivity contribution in [3.8, 4) is 5.75 Å². The maximum absolute atomic E-state index is 13.3. The van der Waals surface area contributed by atoms with Crippen LogP contribution >= 0.6 is 0 Å². The first kappa shape index (κ1) is 16.1. The Morgan fingerprint density at radius 3 is 2.39 bits per heavy atom. The average molecular weight is 330 g/mol. The van der Waals surface area contributed by atoms with E-state index in [9.17, 15) is 32.8 Å². The van der Waals surface area contributed by atoms with E-state index in [1.165, 1.54) is 6.07 Å². The molecule has 11 heteroatoms. The van der Waals surface area contributed by atoms with Gasteiger partial charge in [-0.15, -0.1) is 0 Å². The standard InChI is InChI=1S/C12H6F4N4O3/c13-8-10(9(14)12(16)18-11(8)15)19-17-4-5-1-2-7(21)6(3-5)20(22)23/h1-4,21H,(H,18,19)/b17-4+. The fourth-order valence-corrected chi connectivity index (χ4v) is 1.52. The molecule has 0 amide bonds. The minimum atomic E-state index is -1.86. The van der Waals surface area contributed by atoms with Crippen molar-refractivity contribution in [2.75, 3.05) is 5.43 Å². The summed E-state index contributed by atoms with van der Waals surface area (Å²) < 4.78 is 52.3. The summed E-state index contributed by atoms with van der Waals surface area (Å²) in [6.45, 7) is 0. The summed E-state index contributed by atoms with van der Waals surface area (Å²) in [6.07, 6.45) is 0.890. The monoisotopic (exact) mass is 330 g/mol. The number of pyridine rings is 1. The van der Waals surface area contributed by atoms with Gasteiger partial charge in [-0.1, -0.05) is 0 Å². The van der Waals surface area contributed by atoms with E-state index in [-0.39, 0.29) is 5.56 Å². The van der Waals surface area contributed by atoms with Gasteiger partial charge in [-0.3, -0.25) is 15.5 Å². The third-order valence-corrected chi connectivity index (χ3v) is 2.58. The Bertz CT molecular complexity index is 787. The first-order valence-electron chi connectivity index (χ1n) is 5.77. The molecule has 1 aromatic heterocycles. The Hall–Kier alpha value is -3.24. The quantitative estimate of drug-likeness (QED) is 0.295. The molecule has 0 aliphatic heterocycles. The molecule has 23 heavy (non-hydrogen) atoms. The van der Waals surface area contributed by atoms with E-state index in [0.29, 0.717) is 0 Å². The van der Waals surface area contributed by atoms with Crippen LogP contribution in [0.3, 0.4) is 0 Å². The lowest BCUT2D eigenvalue weighted by Gasteiger charge is -2.04. The van der Waals surface area contributed by atoms with Crippen molar-refractivity contribution >= 4 is 17.6 Å². The largest absolute Gasteiger partial charge is 0.502 e. The maximum atomic E-state index is 13.3. The van der Waals surface area contributed by atoms with Crippen molar-refractivity contribution in [3.63, 3.8) is 0 Å². The SMILES string of the molecule is O=[N+]([O-])c1cc(/C=N/Nc2c(F)c(F)nc(F)c2F)ccc1O. The molecule has 120 valence electrons. The zero-order valence-electron chi connectivity index (χ0n) is 10.9. The molecule has 2 aromatic rings. The highest BCUT2D eigenvalue weighted by Crippen LogP contribution is 2.26. The highest BCUT2D eigenvalue weighted by atomic mass is 19.2. The van der Waals surface area contributed by atoms with Crippen molar-refractivity contribution < 1.29 is 27.6 Å². The summed E-state index contributed by atoms with van der Waals surface area (Å²) in [5.74, 6) is -7.87. The Morgan fingerprint density at radius 1 is 1.22 bits per heavy atom. The van der Waals surface area contributed by atoms with E-state index in [1.54, 1.807) is 5.43 Å². The number of hydrazone groups is 1. The van der Waals surface area contributed by atoms with Crippen LogP contribution in [0.1, 0.15) is 5.56 Å². The first-order chi connectivity index (χ1) is 10.8. The molecule has 7 nitrogen and oxygen atoms in total. The molecule has 0 unspecified atom stereocenters. The van der Waals surface area contributed by atoms with Crippen molar-refractivity contribution in [2.24, 2.45) is 5.10 Å². The summed E-state index contributed by atoms with van der Waals surface area (Å²) in [7, 11) is 0. The van der Waals surface area contributed by atoms with Crippen LogP contribution in [0.5, 0.6) is 5.75 Å². The van der Waals surface area contributed by atoms with Crippen molar-refractivity contribution in [3.05, 3.63) is 57.4 Å².